The Bertz CT molecular complexity index is 507. The van der Waals surface area contributed by atoms with Gasteiger partial charge in [-0.15, -0.1) is 0 Å². The molecule has 2 aromatic rings. The molecule has 1 heterocycles. The fraction of sp³-hybridized carbons (Fsp3) is 0.500. The van der Waals surface area contributed by atoms with Crippen LogP contribution < -0.4 is 5.32 Å². The molecule has 1 aromatic heterocycles. The van der Waals surface area contributed by atoms with Crippen molar-refractivity contribution in [3.63, 3.8) is 0 Å². The van der Waals surface area contributed by atoms with E-state index in [1.807, 2.05) is 25.1 Å². The molecule has 18 heavy (non-hydrogen) atoms. The van der Waals surface area contributed by atoms with Crippen LogP contribution >= 0.6 is 0 Å². The predicted octanol–water partition coefficient (Wildman–Crippen LogP) is 3.08. The molecule has 0 aliphatic heterocycles. The van der Waals surface area contributed by atoms with Crippen molar-refractivity contribution in [2.45, 2.75) is 20.3 Å². The fourth-order valence-electron chi connectivity index (χ4n) is 1.87. The van der Waals surface area contributed by atoms with Gasteiger partial charge < -0.3 is 14.5 Å². The van der Waals surface area contributed by atoms with Crippen LogP contribution in [0.15, 0.2) is 22.6 Å². The third kappa shape index (κ3) is 3.01. The maximum absolute atomic E-state index is 5.58. The lowest BCUT2D eigenvalue weighted by Gasteiger charge is -2.12. The van der Waals surface area contributed by atoms with E-state index < -0.39 is 0 Å². The largest absolute Gasteiger partial charge is 0.441 e. The van der Waals surface area contributed by atoms with E-state index in [2.05, 4.69) is 17.2 Å². The van der Waals surface area contributed by atoms with Gasteiger partial charge in [-0.2, -0.15) is 0 Å². The number of hydrogen-bond donors (Lipinski definition) is 1. The van der Waals surface area contributed by atoms with Crippen molar-refractivity contribution in [1.82, 2.24) is 4.98 Å². The molecule has 0 aliphatic carbocycles. The summed E-state index contributed by atoms with van der Waals surface area (Å²) in [6, 6.07) is 6.01. The van der Waals surface area contributed by atoms with E-state index in [0.29, 0.717) is 5.92 Å². The van der Waals surface area contributed by atoms with Gasteiger partial charge in [-0.25, -0.2) is 4.98 Å². The molecule has 0 radical (unpaired) electrons. The molecule has 0 spiro atoms. The first-order valence-electron chi connectivity index (χ1n) is 6.35. The van der Waals surface area contributed by atoms with Gasteiger partial charge in [0, 0.05) is 25.8 Å². The van der Waals surface area contributed by atoms with Crippen LogP contribution in [0.3, 0.4) is 0 Å². The first-order valence-corrected chi connectivity index (χ1v) is 6.35. The Morgan fingerprint density at radius 3 is 3.00 bits per heavy atom. The molecule has 4 nitrogen and oxygen atoms in total. The lowest BCUT2D eigenvalue weighted by Crippen LogP contribution is -2.15. The zero-order valence-corrected chi connectivity index (χ0v) is 11.2. The summed E-state index contributed by atoms with van der Waals surface area (Å²) in [5, 5.41) is 3.39. The number of aryl methyl sites for hydroxylation is 1. The van der Waals surface area contributed by atoms with E-state index in [1.54, 1.807) is 7.11 Å². The molecule has 2 rings (SSSR count). The van der Waals surface area contributed by atoms with Crippen LogP contribution in [0.5, 0.6) is 0 Å². The van der Waals surface area contributed by atoms with Crippen LogP contribution in [0.2, 0.25) is 0 Å². The second-order valence-electron chi connectivity index (χ2n) is 4.59. The average molecular weight is 248 g/mol. The van der Waals surface area contributed by atoms with Crippen molar-refractivity contribution in [3.05, 3.63) is 24.1 Å². The lowest BCUT2D eigenvalue weighted by atomic mass is 10.2. The van der Waals surface area contributed by atoms with Crippen molar-refractivity contribution in [2.24, 2.45) is 5.92 Å². The predicted molar refractivity (Wildman–Crippen MR) is 72.9 cm³/mol. The minimum absolute atomic E-state index is 0.481. The van der Waals surface area contributed by atoms with Gasteiger partial charge in [0.2, 0.25) is 0 Å². The first-order chi connectivity index (χ1) is 8.72. The Hall–Kier alpha value is -1.55. The zero-order chi connectivity index (χ0) is 13.0. The molecule has 0 aliphatic rings. The topological polar surface area (TPSA) is 47.3 Å². The normalized spacial score (nSPS) is 12.8. The van der Waals surface area contributed by atoms with Gasteiger partial charge in [0.15, 0.2) is 11.5 Å². The van der Waals surface area contributed by atoms with Crippen molar-refractivity contribution >= 4 is 16.8 Å². The van der Waals surface area contributed by atoms with E-state index in [9.17, 15) is 0 Å². The fourth-order valence-corrected chi connectivity index (χ4v) is 1.87. The zero-order valence-electron chi connectivity index (χ0n) is 11.2. The van der Waals surface area contributed by atoms with Crippen LogP contribution in [0, 0.1) is 5.92 Å². The summed E-state index contributed by atoms with van der Waals surface area (Å²) < 4.78 is 10.7. The number of nitrogens with one attached hydrogen (secondary N) is 1. The lowest BCUT2D eigenvalue weighted by molar-refractivity contribution is 0.164. The number of aromatic nitrogens is 1. The minimum Gasteiger partial charge on any atom is -0.441 e. The molecular weight excluding hydrogens is 228 g/mol. The molecule has 1 aromatic carbocycles. The molecular formula is C14H20N2O2. The molecule has 0 fully saturated rings. The summed E-state index contributed by atoms with van der Waals surface area (Å²) in [6.07, 6.45) is 0.822. The highest BCUT2D eigenvalue weighted by molar-refractivity contribution is 5.77. The number of rotatable bonds is 6. The number of oxazole rings is 1. The van der Waals surface area contributed by atoms with Crippen LogP contribution in [-0.2, 0) is 11.2 Å². The van der Waals surface area contributed by atoms with Gasteiger partial charge in [0.1, 0.15) is 5.52 Å². The molecule has 98 valence electrons. The maximum atomic E-state index is 5.58. The summed E-state index contributed by atoms with van der Waals surface area (Å²) in [7, 11) is 1.73. The third-order valence-corrected chi connectivity index (χ3v) is 2.84. The van der Waals surface area contributed by atoms with Crippen molar-refractivity contribution in [3.8, 4) is 0 Å². The Morgan fingerprint density at radius 2 is 2.28 bits per heavy atom. The van der Waals surface area contributed by atoms with Gasteiger partial charge >= 0.3 is 0 Å². The SMILES string of the molecule is CCc1nc2cc(NCC(C)COC)ccc2o1. The summed E-state index contributed by atoms with van der Waals surface area (Å²) in [4.78, 5) is 4.42. The summed E-state index contributed by atoms with van der Waals surface area (Å²) in [5.41, 5.74) is 2.83. The minimum atomic E-state index is 0.481. The molecule has 1 N–H and O–H groups in total. The summed E-state index contributed by atoms with van der Waals surface area (Å²) in [6.45, 7) is 5.84. The van der Waals surface area contributed by atoms with Crippen molar-refractivity contribution in [2.75, 3.05) is 25.6 Å². The number of anilines is 1. The highest BCUT2D eigenvalue weighted by Crippen LogP contribution is 2.20. The molecule has 0 saturated heterocycles. The molecule has 0 saturated carbocycles. The Morgan fingerprint density at radius 1 is 1.44 bits per heavy atom. The van der Waals surface area contributed by atoms with Crippen molar-refractivity contribution in [1.29, 1.82) is 0 Å². The second-order valence-corrected chi connectivity index (χ2v) is 4.59. The molecule has 0 amide bonds. The molecule has 1 unspecified atom stereocenters. The second kappa shape index (κ2) is 5.87. The van der Waals surface area contributed by atoms with Crippen LogP contribution in [-0.4, -0.2) is 25.2 Å². The van der Waals surface area contributed by atoms with E-state index in [4.69, 9.17) is 9.15 Å². The maximum Gasteiger partial charge on any atom is 0.195 e. The number of ether oxygens (including phenoxy) is 1. The van der Waals surface area contributed by atoms with Gasteiger partial charge in [-0.05, 0) is 24.1 Å². The highest BCUT2D eigenvalue weighted by atomic mass is 16.5. The molecule has 4 heteroatoms. The smallest absolute Gasteiger partial charge is 0.195 e. The standard InChI is InChI=1S/C14H20N2O2/c1-4-14-16-12-7-11(5-6-13(12)18-14)15-8-10(2)9-17-3/h5-7,10,15H,4,8-9H2,1-3H3. The number of hydrogen-bond acceptors (Lipinski definition) is 4. The van der Waals surface area contributed by atoms with Gasteiger partial charge in [-0.3, -0.25) is 0 Å². The number of fused-ring (bicyclic) bond motifs is 1. The van der Waals surface area contributed by atoms with Gasteiger partial charge in [0.25, 0.3) is 0 Å². The van der Waals surface area contributed by atoms with Crippen LogP contribution in [0.1, 0.15) is 19.7 Å². The first kappa shape index (κ1) is 12.9. The third-order valence-electron chi connectivity index (χ3n) is 2.84. The molecule has 1 atom stereocenters. The molecule has 0 bridgehead atoms. The Labute approximate surface area is 107 Å². The number of nitrogens with zero attached hydrogens (tertiary/aromatic N) is 1. The monoisotopic (exact) mass is 248 g/mol. The van der Waals surface area contributed by atoms with Gasteiger partial charge in [-0.1, -0.05) is 13.8 Å². The van der Waals surface area contributed by atoms with E-state index in [1.165, 1.54) is 0 Å². The summed E-state index contributed by atoms with van der Waals surface area (Å²) in [5.74, 6) is 1.27. The Balaban J connectivity index is 2.05. The van der Waals surface area contributed by atoms with E-state index in [-0.39, 0.29) is 0 Å². The van der Waals surface area contributed by atoms with E-state index in [0.717, 1.165) is 42.3 Å². The number of methoxy groups -OCH3 is 1. The Kier molecular flexibility index (Phi) is 4.20. The highest BCUT2D eigenvalue weighted by Gasteiger charge is 2.06. The van der Waals surface area contributed by atoms with E-state index >= 15 is 0 Å². The van der Waals surface area contributed by atoms with Gasteiger partial charge in [0.05, 0.1) is 6.61 Å². The van der Waals surface area contributed by atoms with Crippen LogP contribution in [0.4, 0.5) is 5.69 Å². The number of benzene rings is 1. The summed E-state index contributed by atoms with van der Waals surface area (Å²) >= 11 is 0. The quantitative estimate of drug-likeness (QED) is 0.853. The van der Waals surface area contributed by atoms with Crippen molar-refractivity contribution < 1.29 is 9.15 Å². The van der Waals surface area contributed by atoms with Crippen LogP contribution in [0.25, 0.3) is 11.1 Å². The average Bonchev–Trinajstić information content (AvgIpc) is 2.78.